The Hall–Kier alpha value is -3.19. The van der Waals surface area contributed by atoms with Crippen molar-refractivity contribution in [2.45, 2.75) is 6.42 Å². The molecule has 32 heavy (non-hydrogen) atoms. The highest BCUT2D eigenvalue weighted by atomic mass is 32.2. The molecule has 1 aliphatic heterocycles. The number of para-hydroxylation sites is 1. The first-order valence-electron chi connectivity index (χ1n) is 10.2. The lowest BCUT2D eigenvalue weighted by molar-refractivity contribution is 0.0640. The number of aromatic nitrogens is 1. The monoisotopic (exact) mass is 454 g/mol. The predicted octanol–water partition coefficient (Wildman–Crippen LogP) is 2.54. The Morgan fingerprint density at radius 2 is 1.75 bits per heavy atom. The van der Waals surface area contributed by atoms with E-state index in [4.69, 9.17) is 4.55 Å². The zero-order chi connectivity index (χ0) is 23.1. The van der Waals surface area contributed by atoms with Gasteiger partial charge in [0.1, 0.15) is 6.07 Å². The molecule has 1 aromatic heterocycles. The van der Waals surface area contributed by atoms with E-state index in [-0.39, 0.29) is 5.91 Å². The highest BCUT2D eigenvalue weighted by Gasteiger charge is 2.24. The van der Waals surface area contributed by atoms with Gasteiger partial charge < -0.3 is 9.88 Å². The molecule has 2 N–H and O–H groups in total. The van der Waals surface area contributed by atoms with E-state index in [9.17, 15) is 18.5 Å². The Balaban J connectivity index is 0.000000523. The third-order valence-corrected chi connectivity index (χ3v) is 5.29. The van der Waals surface area contributed by atoms with Crippen LogP contribution in [-0.4, -0.2) is 72.6 Å². The maximum atomic E-state index is 13.0. The maximum Gasteiger partial charge on any atom is 0.261 e. The van der Waals surface area contributed by atoms with Gasteiger partial charge in [0.05, 0.1) is 22.9 Å². The van der Waals surface area contributed by atoms with Gasteiger partial charge in [-0.15, -0.1) is 0 Å². The van der Waals surface area contributed by atoms with Gasteiger partial charge in [0.2, 0.25) is 0 Å². The zero-order valence-corrected chi connectivity index (χ0v) is 18.7. The molecule has 0 spiro atoms. The van der Waals surface area contributed by atoms with E-state index in [1.54, 1.807) is 6.20 Å². The van der Waals surface area contributed by atoms with Gasteiger partial charge >= 0.3 is 0 Å². The van der Waals surface area contributed by atoms with Crippen LogP contribution in [-0.2, 0) is 16.5 Å². The van der Waals surface area contributed by atoms with Crippen molar-refractivity contribution >= 4 is 26.9 Å². The molecule has 8 nitrogen and oxygen atoms in total. The number of benzene rings is 2. The van der Waals surface area contributed by atoms with E-state index in [1.807, 2.05) is 29.2 Å². The number of H-pyrrole nitrogens is 1. The van der Waals surface area contributed by atoms with E-state index < -0.39 is 10.1 Å². The van der Waals surface area contributed by atoms with Gasteiger partial charge in [0.15, 0.2) is 0 Å². The van der Waals surface area contributed by atoms with Gasteiger partial charge in [-0.1, -0.05) is 42.5 Å². The first-order chi connectivity index (χ1) is 15.3. The number of hydrogen-bond donors (Lipinski definition) is 2. The van der Waals surface area contributed by atoms with Crippen LogP contribution in [0.15, 0.2) is 54.7 Å². The average molecular weight is 455 g/mol. The lowest BCUT2D eigenvalue weighted by Gasteiger charge is -2.34. The first-order valence-corrected chi connectivity index (χ1v) is 12.1. The summed E-state index contributed by atoms with van der Waals surface area (Å²) < 4.78 is 25.9. The Labute approximate surface area is 187 Å². The number of carbonyl (C=O) groups excluding carboxylic acids is 1. The third-order valence-electron chi connectivity index (χ3n) is 5.29. The van der Waals surface area contributed by atoms with Gasteiger partial charge in [0, 0.05) is 44.3 Å². The van der Waals surface area contributed by atoms with Crippen LogP contribution >= 0.6 is 0 Å². The molecule has 168 valence electrons. The van der Waals surface area contributed by atoms with Crippen LogP contribution in [0.3, 0.4) is 0 Å². The van der Waals surface area contributed by atoms with Crippen LogP contribution in [0.4, 0.5) is 0 Å². The summed E-state index contributed by atoms with van der Waals surface area (Å²) >= 11 is 0. The highest BCUT2D eigenvalue weighted by molar-refractivity contribution is 7.85. The van der Waals surface area contributed by atoms with Crippen molar-refractivity contribution in [3.05, 3.63) is 71.4 Å². The van der Waals surface area contributed by atoms with Crippen molar-refractivity contribution in [1.29, 1.82) is 5.26 Å². The molecule has 2 aromatic carbocycles. The summed E-state index contributed by atoms with van der Waals surface area (Å²) in [5.41, 5.74) is 3.32. The number of rotatable bonds is 4. The molecule has 0 radical (unpaired) electrons. The van der Waals surface area contributed by atoms with E-state index in [2.05, 4.69) is 40.2 Å². The number of nitrogens with zero attached hydrogens (tertiary/aromatic N) is 3. The lowest BCUT2D eigenvalue weighted by Crippen LogP contribution is -2.49. The number of nitriles is 1. The highest BCUT2D eigenvalue weighted by Crippen LogP contribution is 2.23. The number of amides is 1. The summed E-state index contributed by atoms with van der Waals surface area (Å²) in [4.78, 5) is 20.4. The molecule has 0 atom stereocenters. The quantitative estimate of drug-likeness (QED) is 0.585. The summed E-state index contributed by atoms with van der Waals surface area (Å²) in [6.45, 7) is 4.26. The standard InChI is InChI=1S/C22H22N4O.CH4O3S/c23-15-18-16-24-21-19(18)7-4-8-20(21)22(27)26-13-11-25(12-14-26)10-9-17-5-2-1-3-6-17;1-5(2,3)4/h1-8,16,24H,9-14H2;1H3,(H,2,3,4). The Bertz CT molecular complexity index is 1200. The zero-order valence-electron chi connectivity index (χ0n) is 17.9. The Morgan fingerprint density at radius 3 is 2.38 bits per heavy atom. The predicted molar refractivity (Wildman–Crippen MR) is 123 cm³/mol. The Kier molecular flexibility index (Phi) is 7.64. The van der Waals surface area contributed by atoms with Crippen LogP contribution < -0.4 is 0 Å². The normalized spacial score (nSPS) is 14.5. The number of fused-ring (bicyclic) bond motifs is 1. The van der Waals surface area contributed by atoms with E-state index in [1.165, 1.54) is 5.56 Å². The molecule has 3 aromatic rings. The summed E-state index contributed by atoms with van der Waals surface area (Å²) in [6.07, 6.45) is 3.42. The summed E-state index contributed by atoms with van der Waals surface area (Å²) in [6, 6.07) is 18.2. The van der Waals surface area contributed by atoms with Crippen LogP contribution in [0.2, 0.25) is 0 Å². The van der Waals surface area contributed by atoms with Crippen LogP contribution in [0.1, 0.15) is 21.5 Å². The molecule has 2 heterocycles. The molecule has 1 aliphatic rings. The van der Waals surface area contributed by atoms with Crippen molar-refractivity contribution in [3.8, 4) is 6.07 Å². The fourth-order valence-electron chi connectivity index (χ4n) is 3.70. The fourth-order valence-corrected chi connectivity index (χ4v) is 3.70. The maximum absolute atomic E-state index is 13.0. The van der Waals surface area contributed by atoms with Gasteiger partial charge in [-0.05, 0) is 18.1 Å². The number of hydrogen-bond acceptors (Lipinski definition) is 5. The second kappa shape index (κ2) is 10.4. The smallest absolute Gasteiger partial charge is 0.261 e. The number of piperazine rings is 1. The summed E-state index contributed by atoms with van der Waals surface area (Å²) in [7, 11) is -3.67. The molecular weight excluding hydrogens is 428 g/mol. The molecule has 1 fully saturated rings. The van der Waals surface area contributed by atoms with Crippen molar-refractivity contribution in [3.63, 3.8) is 0 Å². The SMILES string of the molecule is CS(=O)(=O)O.N#Cc1c[nH]c2c(C(=O)N3CCN(CCc4ccccc4)CC3)cccc12. The van der Waals surface area contributed by atoms with Crippen LogP contribution in [0.25, 0.3) is 10.9 Å². The first kappa shape index (κ1) is 23.5. The Morgan fingerprint density at radius 1 is 1.09 bits per heavy atom. The van der Waals surface area contributed by atoms with Gasteiger partial charge in [-0.3, -0.25) is 14.2 Å². The van der Waals surface area contributed by atoms with E-state index in [0.29, 0.717) is 17.4 Å². The average Bonchev–Trinajstić information content (AvgIpc) is 3.20. The topological polar surface area (TPSA) is 117 Å². The molecule has 0 saturated carbocycles. The minimum Gasteiger partial charge on any atom is -0.359 e. The molecule has 0 aliphatic carbocycles. The van der Waals surface area contributed by atoms with Crippen molar-refractivity contribution in [2.75, 3.05) is 39.0 Å². The van der Waals surface area contributed by atoms with Crippen molar-refractivity contribution in [2.24, 2.45) is 0 Å². The molecular formula is C23H26N4O4S. The van der Waals surface area contributed by atoms with E-state index in [0.717, 1.165) is 50.0 Å². The number of aromatic amines is 1. The van der Waals surface area contributed by atoms with Gasteiger partial charge in [-0.25, -0.2) is 0 Å². The largest absolute Gasteiger partial charge is 0.359 e. The van der Waals surface area contributed by atoms with Crippen LogP contribution in [0, 0.1) is 11.3 Å². The van der Waals surface area contributed by atoms with Gasteiger partial charge in [-0.2, -0.15) is 13.7 Å². The van der Waals surface area contributed by atoms with Crippen LogP contribution in [0.5, 0.6) is 0 Å². The molecule has 1 saturated heterocycles. The minimum absolute atomic E-state index is 0.0367. The summed E-state index contributed by atoms with van der Waals surface area (Å²) in [5, 5.41) is 10.0. The summed E-state index contributed by atoms with van der Waals surface area (Å²) in [5.74, 6) is 0.0367. The number of nitrogens with one attached hydrogen (secondary N) is 1. The van der Waals surface area contributed by atoms with Gasteiger partial charge in [0.25, 0.3) is 16.0 Å². The molecule has 9 heteroatoms. The number of carbonyl (C=O) groups is 1. The lowest BCUT2D eigenvalue weighted by atomic mass is 10.1. The second-order valence-corrected chi connectivity index (χ2v) is 9.11. The minimum atomic E-state index is -3.67. The van der Waals surface area contributed by atoms with Crippen molar-refractivity contribution < 1.29 is 17.8 Å². The molecule has 0 unspecified atom stereocenters. The fraction of sp³-hybridized carbons (Fsp3) is 0.304. The molecule has 1 amide bonds. The molecule has 0 bridgehead atoms. The van der Waals surface area contributed by atoms with E-state index >= 15 is 0 Å². The second-order valence-electron chi connectivity index (χ2n) is 7.64. The molecule has 4 rings (SSSR count). The van der Waals surface area contributed by atoms with Crippen molar-refractivity contribution in [1.82, 2.24) is 14.8 Å². The third kappa shape index (κ3) is 6.40.